The first-order valence-corrected chi connectivity index (χ1v) is 11.0. The van der Waals surface area contributed by atoms with E-state index in [1.54, 1.807) is 18.2 Å². The summed E-state index contributed by atoms with van der Waals surface area (Å²) in [4.78, 5) is 11.8. The van der Waals surface area contributed by atoms with Crippen molar-refractivity contribution in [3.05, 3.63) is 99.5 Å². The lowest BCUT2D eigenvalue weighted by molar-refractivity contribution is -0.131. The fourth-order valence-electron chi connectivity index (χ4n) is 2.81. The van der Waals surface area contributed by atoms with Crippen molar-refractivity contribution in [2.75, 3.05) is 6.61 Å². The zero-order chi connectivity index (χ0) is 21.3. The average Bonchev–Trinajstić information content (AvgIpc) is 2.73. The molecular formula is C24H20Cl2O3S. The highest BCUT2D eigenvalue weighted by atomic mass is 35.5. The maximum absolute atomic E-state index is 11.0. The lowest BCUT2D eigenvalue weighted by atomic mass is 10.1. The highest BCUT2D eigenvalue weighted by Crippen LogP contribution is 2.36. The Hall–Kier alpha value is -2.40. The lowest BCUT2D eigenvalue weighted by Gasteiger charge is -2.12. The molecule has 0 amide bonds. The Morgan fingerprint density at radius 3 is 2.40 bits per heavy atom. The number of hydrogen-bond acceptors (Lipinski definition) is 3. The third-order valence-electron chi connectivity index (χ3n) is 4.27. The molecule has 154 valence electrons. The second-order valence-electron chi connectivity index (χ2n) is 6.47. The Labute approximate surface area is 190 Å². The van der Waals surface area contributed by atoms with Gasteiger partial charge in [0.15, 0.2) is 0 Å². The van der Waals surface area contributed by atoms with Crippen molar-refractivity contribution in [2.45, 2.75) is 17.1 Å². The molecule has 0 bridgehead atoms. The molecule has 3 aromatic carbocycles. The standard InChI is InChI=1S/C24H20Cl2O3S/c25-20-7-4-8-21(26)24(20)30-16-18-9-11-22(19(15-18)10-12-23(27)28)29-14-13-17-5-2-1-3-6-17/h1-12,15H,13-14,16H2,(H,27,28). The predicted molar refractivity (Wildman–Crippen MR) is 125 cm³/mol. The summed E-state index contributed by atoms with van der Waals surface area (Å²) in [5, 5.41) is 10.2. The van der Waals surface area contributed by atoms with Gasteiger partial charge in [-0.3, -0.25) is 0 Å². The van der Waals surface area contributed by atoms with Crippen LogP contribution in [0.5, 0.6) is 5.75 Å². The monoisotopic (exact) mass is 458 g/mol. The minimum Gasteiger partial charge on any atom is -0.493 e. The highest BCUT2D eigenvalue weighted by molar-refractivity contribution is 7.98. The molecule has 1 N–H and O–H groups in total. The maximum atomic E-state index is 11.0. The van der Waals surface area contributed by atoms with Crippen LogP contribution >= 0.6 is 35.0 Å². The molecular weight excluding hydrogens is 439 g/mol. The van der Waals surface area contributed by atoms with Gasteiger partial charge in [0, 0.05) is 28.7 Å². The lowest BCUT2D eigenvalue weighted by Crippen LogP contribution is -2.03. The van der Waals surface area contributed by atoms with E-state index in [1.807, 2.05) is 42.5 Å². The number of carboxylic acid groups (broad SMARTS) is 1. The number of benzene rings is 3. The van der Waals surface area contributed by atoms with Gasteiger partial charge >= 0.3 is 5.97 Å². The van der Waals surface area contributed by atoms with Crippen LogP contribution in [0.2, 0.25) is 10.0 Å². The van der Waals surface area contributed by atoms with E-state index in [9.17, 15) is 4.79 Å². The van der Waals surface area contributed by atoms with Gasteiger partial charge in [-0.1, -0.05) is 65.7 Å². The number of ether oxygens (including phenoxy) is 1. The van der Waals surface area contributed by atoms with Crippen LogP contribution in [0.3, 0.4) is 0 Å². The number of thioether (sulfide) groups is 1. The van der Waals surface area contributed by atoms with E-state index < -0.39 is 5.97 Å². The van der Waals surface area contributed by atoms with Crippen molar-refractivity contribution in [1.29, 1.82) is 0 Å². The molecule has 0 fully saturated rings. The summed E-state index contributed by atoms with van der Waals surface area (Å²) in [5.74, 6) is 0.280. The molecule has 0 radical (unpaired) electrons. The first-order chi connectivity index (χ1) is 14.5. The van der Waals surface area contributed by atoms with Crippen molar-refractivity contribution in [1.82, 2.24) is 0 Å². The molecule has 0 aliphatic carbocycles. The summed E-state index contributed by atoms with van der Waals surface area (Å²) < 4.78 is 5.94. The van der Waals surface area contributed by atoms with Crippen LogP contribution < -0.4 is 4.74 Å². The molecule has 0 saturated heterocycles. The molecule has 0 aliphatic rings. The molecule has 3 rings (SSSR count). The molecule has 0 spiro atoms. The fourth-order valence-corrected chi connectivity index (χ4v) is 4.44. The molecule has 0 saturated carbocycles. The van der Waals surface area contributed by atoms with Crippen LogP contribution in [0.15, 0.2) is 77.7 Å². The number of halogens is 2. The van der Waals surface area contributed by atoms with E-state index in [0.29, 0.717) is 33.7 Å². The minimum atomic E-state index is -1.01. The topological polar surface area (TPSA) is 46.5 Å². The van der Waals surface area contributed by atoms with Gasteiger partial charge < -0.3 is 9.84 Å². The van der Waals surface area contributed by atoms with Crippen LogP contribution in [0.1, 0.15) is 16.7 Å². The zero-order valence-corrected chi connectivity index (χ0v) is 18.4. The van der Waals surface area contributed by atoms with Gasteiger partial charge in [0.25, 0.3) is 0 Å². The Balaban J connectivity index is 1.72. The normalized spacial score (nSPS) is 11.0. The van der Waals surface area contributed by atoms with Gasteiger partial charge in [-0.15, -0.1) is 11.8 Å². The van der Waals surface area contributed by atoms with Crippen LogP contribution in [-0.2, 0) is 17.0 Å². The zero-order valence-electron chi connectivity index (χ0n) is 16.1. The second kappa shape index (κ2) is 11.1. The number of carboxylic acids is 1. The molecule has 0 atom stereocenters. The smallest absolute Gasteiger partial charge is 0.328 e. The van der Waals surface area contributed by atoms with Crippen LogP contribution in [0.25, 0.3) is 6.08 Å². The third kappa shape index (κ3) is 6.56. The first-order valence-electron chi connectivity index (χ1n) is 9.30. The number of rotatable bonds is 9. The highest BCUT2D eigenvalue weighted by Gasteiger charge is 2.09. The van der Waals surface area contributed by atoms with Gasteiger partial charge in [-0.05, 0) is 41.5 Å². The molecule has 3 aromatic rings. The largest absolute Gasteiger partial charge is 0.493 e. The van der Waals surface area contributed by atoms with Gasteiger partial charge in [0.2, 0.25) is 0 Å². The Morgan fingerprint density at radius 2 is 1.70 bits per heavy atom. The van der Waals surface area contributed by atoms with E-state index in [1.165, 1.54) is 17.3 Å². The first kappa shape index (κ1) is 22.3. The van der Waals surface area contributed by atoms with Crippen molar-refractivity contribution in [3.8, 4) is 5.75 Å². The Morgan fingerprint density at radius 1 is 0.967 bits per heavy atom. The summed E-state index contributed by atoms with van der Waals surface area (Å²) in [5.41, 5.74) is 2.91. The van der Waals surface area contributed by atoms with Crippen molar-refractivity contribution in [2.24, 2.45) is 0 Å². The maximum Gasteiger partial charge on any atom is 0.328 e. The van der Waals surface area contributed by atoms with E-state index >= 15 is 0 Å². The van der Waals surface area contributed by atoms with Crippen LogP contribution in [0, 0.1) is 0 Å². The molecule has 6 heteroatoms. The SMILES string of the molecule is O=C(O)C=Cc1cc(CSc2c(Cl)cccc2Cl)ccc1OCCc1ccccc1. The Kier molecular flexibility index (Phi) is 8.26. The van der Waals surface area contributed by atoms with Crippen molar-refractivity contribution < 1.29 is 14.6 Å². The number of carbonyl (C=O) groups is 1. The summed E-state index contributed by atoms with van der Waals surface area (Å²) in [7, 11) is 0. The molecule has 0 heterocycles. The van der Waals surface area contributed by atoms with Gasteiger partial charge in [-0.2, -0.15) is 0 Å². The third-order valence-corrected chi connectivity index (χ3v) is 6.33. The van der Waals surface area contributed by atoms with E-state index in [4.69, 9.17) is 33.0 Å². The van der Waals surface area contributed by atoms with Gasteiger partial charge in [0.05, 0.1) is 16.7 Å². The second-order valence-corrected chi connectivity index (χ2v) is 8.27. The molecule has 0 aromatic heterocycles. The summed E-state index contributed by atoms with van der Waals surface area (Å²) in [6.45, 7) is 0.501. The van der Waals surface area contributed by atoms with E-state index in [0.717, 1.165) is 23.0 Å². The minimum absolute atomic E-state index is 0.501. The van der Waals surface area contributed by atoms with Gasteiger partial charge in [-0.25, -0.2) is 4.79 Å². The summed E-state index contributed by atoms with van der Waals surface area (Å²) >= 11 is 14.0. The number of hydrogen-bond donors (Lipinski definition) is 1. The van der Waals surface area contributed by atoms with E-state index in [2.05, 4.69) is 12.1 Å². The van der Waals surface area contributed by atoms with Crippen LogP contribution in [0.4, 0.5) is 0 Å². The summed E-state index contributed by atoms with van der Waals surface area (Å²) in [6.07, 6.45) is 3.43. The van der Waals surface area contributed by atoms with Crippen molar-refractivity contribution in [3.63, 3.8) is 0 Å². The fraction of sp³-hybridized carbons (Fsp3) is 0.125. The molecule has 30 heavy (non-hydrogen) atoms. The molecule has 3 nitrogen and oxygen atoms in total. The Bertz CT molecular complexity index is 1020. The molecule has 0 aliphatic heterocycles. The molecule has 0 unspecified atom stereocenters. The average molecular weight is 459 g/mol. The quantitative estimate of drug-likeness (QED) is 0.276. The summed E-state index contributed by atoms with van der Waals surface area (Å²) in [6, 6.07) is 21.3. The van der Waals surface area contributed by atoms with Gasteiger partial charge in [0.1, 0.15) is 5.75 Å². The predicted octanol–water partition coefficient (Wildman–Crippen LogP) is 7.01. The van der Waals surface area contributed by atoms with Crippen molar-refractivity contribution >= 4 is 47.0 Å². The number of aliphatic carboxylic acids is 1. The van der Waals surface area contributed by atoms with E-state index in [-0.39, 0.29) is 0 Å². The van der Waals surface area contributed by atoms with Crippen LogP contribution in [-0.4, -0.2) is 17.7 Å².